The maximum Gasteiger partial charge on any atom is 0.240 e. The molecule has 32 heavy (non-hydrogen) atoms. The number of para-hydroxylation sites is 2. The van der Waals surface area contributed by atoms with E-state index in [0.29, 0.717) is 19.1 Å². The van der Waals surface area contributed by atoms with Crippen LogP contribution >= 0.6 is 11.8 Å². The van der Waals surface area contributed by atoms with Crippen molar-refractivity contribution in [3.8, 4) is 5.75 Å². The lowest BCUT2D eigenvalue weighted by Gasteiger charge is -2.24. The molecule has 0 aliphatic heterocycles. The van der Waals surface area contributed by atoms with Gasteiger partial charge in [-0.2, -0.15) is 0 Å². The molecule has 0 saturated heterocycles. The molecule has 1 amide bonds. The second-order valence-corrected chi connectivity index (χ2v) is 9.32. The minimum atomic E-state index is -0.292. The third-order valence-corrected chi connectivity index (χ3v) is 6.18. The number of rotatable bonds is 11. The van der Waals surface area contributed by atoms with Gasteiger partial charge in [0.25, 0.3) is 0 Å². The van der Waals surface area contributed by atoms with Gasteiger partial charge in [-0.05, 0) is 50.5 Å². The van der Waals surface area contributed by atoms with Crippen molar-refractivity contribution in [1.29, 1.82) is 0 Å². The Labute approximate surface area is 195 Å². The highest BCUT2D eigenvalue weighted by atomic mass is 32.2. The fraction of sp³-hybridized carbons (Fsp3) is 0.400. The van der Waals surface area contributed by atoms with E-state index in [1.165, 1.54) is 11.8 Å². The normalized spacial score (nSPS) is 12.0. The maximum absolute atomic E-state index is 13.2. The van der Waals surface area contributed by atoms with E-state index in [4.69, 9.17) is 4.74 Å². The number of carbonyl (C=O) groups excluding carboxylic acids is 1. The molecule has 6 nitrogen and oxygen atoms in total. The smallest absolute Gasteiger partial charge is 0.240 e. The van der Waals surface area contributed by atoms with Gasteiger partial charge in [-0.15, -0.1) is 10.2 Å². The van der Waals surface area contributed by atoms with E-state index < -0.39 is 0 Å². The highest BCUT2D eigenvalue weighted by molar-refractivity contribution is 8.00. The van der Waals surface area contributed by atoms with E-state index in [1.807, 2.05) is 79.4 Å². The quantitative estimate of drug-likeness (QED) is 0.363. The Kier molecular flexibility index (Phi) is 8.73. The number of carbonyl (C=O) groups is 1. The summed E-state index contributed by atoms with van der Waals surface area (Å²) >= 11 is 1.45. The number of anilines is 1. The Morgan fingerprint density at radius 1 is 1.03 bits per heavy atom. The predicted octanol–water partition coefficient (Wildman–Crippen LogP) is 5.44. The lowest BCUT2D eigenvalue weighted by Crippen LogP contribution is -2.36. The van der Waals surface area contributed by atoms with E-state index in [1.54, 1.807) is 0 Å². The van der Waals surface area contributed by atoms with Crippen LogP contribution in [0.15, 0.2) is 65.8 Å². The van der Waals surface area contributed by atoms with Crippen molar-refractivity contribution in [1.82, 2.24) is 14.8 Å². The average molecular weight is 453 g/mol. The number of benzene rings is 2. The third kappa shape index (κ3) is 6.36. The van der Waals surface area contributed by atoms with Gasteiger partial charge in [0.05, 0.1) is 5.25 Å². The number of ether oxygens (including phenoxy) is 1. The van der Waals surface area contributed by atoms with Crippen molar-refractivity contribution in [3.63, 3.8) is 0 Å². The minimum absolute atomic E-state index is 0.0594. The summed E-state index contributed by atoms with van der Waals surface area (Å²) in [4.78, 5) is 15.0. The van der Waals surface area contributed by atoms with Crippen LogP contribution in [0, 0.1) is 5.92 Å². The first kappa shape index (κ1) is 23.9. The summed E-state index contributed by atoms with van der Waals surface area (Å²) in [6.07, 6.45) is 0.997. The second kappa shape index (κ2) is 11.7. The molecule has 1 atom stereocenters. The zero-order valence-corrected chi connectivity index (χ0v) is 20.1. The van der Waals surface area contributed by atoms with Crippen molar-refractivity contribution in [2.45, 2.75) is 57.7 Å². The average Bonchev–Trinajstić information content (AvgIpc) is 3.19. The summed E-state index contributed by atoms with van der Waals surface area (Å²) < 4.78 is 8.00. The van der Waals surface area contributed by atoms with Gasteiger partial charge in [0.15, 0.2) is 11.0 Å². The van der Waals surface area contributed by atoms with Crippen molar-refractivity contribution >= 4 is 23.4 Å². The molecule has 2 aromatic carbocycles. The van der Waals surface area contributed by atoms with Crippen LogP contribution in [-0.2, 0) is 17.9 Å². The third-order valence-electron chi connectivity index (χ3n) is 5.11. The molecule has 0 aliphatic rings. The van der Waals surface area contributed by atoms with Crippen LogP contribution in [-0.4, -0.2) is 32.5 Å². The van der Waals surface area contributed by atoms with Gasteiger partial charge in [-0.25, -0.2) is 0 Å². The number of thioether (sulfide) groups is 1. The largest absolute Gasteiger partial charge is 0.486 e. The summed E-state index contributed by atoms with van der Waals surface area (Å²) in [6, 6.07) is 19.5. The Hall–Kier alpha value is -2.80. The molecule has 1 aromatic heterocycles. The Balaban J connectivity index is 1.75. The maximum atomic E-state index is 13.2. The molecule has 0 bridgehead atoms. The number of hydrogen-bond donors (Lipinski definition) is 0. The summed E-state index contributed by atoms with van der Waals surface area (Å²) in [5.41, 5.74) is 0.908. The lowest BCUT2D eigenvalue weighted by molar-refractivity contribution is -0.117. The van der Waals surface area contributed by atoms with Gasteiger partial charge in [-0.3, -0.25) is 4.79 Å². The van der Waals surface area contributed by atoms with Crippen molar-refractivity contribution in [2.75, 3.05) is 11.4 Å². The zero-order valence-electron chi connectivity index (χ0n) is 19.3. The molecule has 0 saturated carbocycles. The van der Waals surface area contributed by atoms with Gasteiger partial charge < -0.3 is 14.2 Å². The molecular formula is C25H32N4O2S. The molecule has 1 unspecified atom stereocenters. The van der Waals surface area contributed by atoms with Gasteiger partial charge in [0.1, 0.15) is 12.4 Å². The Bertz CT molecular complexity index is 976. The molecule has 0 aliphatic carbocycles. The van der Waals surface area contributed by atoms with Gasteiger partial charge in [0.2, 0.25) is 5.91 Å². The van der Waals surface area contributed by atoms with E-state index >= 15 is 0 Å². The first-order valence-electron chi connectivity index (χ1n) is 11.1. The van der Waals surface area contributed by atoms with Crippen LogP contribution < -0.4 is 9.64 Å². The zero-order chi connectivity index (χ0) is 22.9. The first-order valence-corrected chi connectivity index (χ1v) is 12.0. The van der Waals surface area contributed by atoms with Crippen molar-refractivity contribution < 1.29 is 9.53 Å². The topological polar surface area (TPSA) is 60.3 Å². The number of aromatic nitrogens is 3. The fourth-order valence-corrected chi connectivity index (χ4v) is 4.25. The van der Waals surface area contributed by atoms with E-state index in [0.717, 1.165) is 35.4 Å². The van der Waals surface area contributed by atoms with Crippen LogP contribution in [0.4, 0.5) is 5.69 Å². The van der Waals surface area contributed by atoms with Crippen LogP contribution in [0.5, 0.6) is 5.75 Å². The van der Waals surface area contributed by atoms with Crippen molar-refractivity contribution in [2.24, 2.45) is 5.92 Å². The molecule has 170 valence electrons. The summed E-state index contributed by atoms with van der Waals surface area (Å²) in [5, 5.41) is 9.26. The Morgan fingerprint density at radius 3 is 2.31 bits per heavy atom. The summed E-state index contributed by atoms with van der Waals surface area (Å²) in [7, 11) is 0. The van der Waals surface area contributed by atoms with Gasteiger partial charge >= 0.3 is 0 Å². The van der Waals surface area contributed by atoms with Crippen molar-refractivity contribution in [3.05, 3.63) is 66.5 Å². The fourth-order valence-electron chi connectivity index (χ4n) is 3.29. The number of hydrogen-bond acceptors (Lipinski definition) is 5. The number of amides is 1. The first-order chi connectivity index (χ1) is 15.5. The predicted molar refractivity (Wildman–Crippen MR) is 130 cm³/mol. The summed E-state index contributed by atoms with van der Waals surface area (Å²) in [6.45, 7) is 10.1. The second-order valence-electron chi connectivity index (χ2n) is 8.01. The molecule has 1 heterocycles. The molecule has 0 fully saturated rings. The Morgan fingerprint density at radius 2 is 1.69 bits per heavy atom. The van der Waals surface area contributed by atoms with Crippen LogP contribution in [0.1, 0.15) is 39.9 Å². The molecule has 0 N–H and O–H groups in total. The highest BCUT2D eigenvalue weighted by Gasteiger charge is 2.25. The van der Waals surface area contributed by atoms with E-state index in [-0.39, 0.29) is 11.2 Å². The van der Waals surface area contributed by atoms with Gasteiger partial charge in [0, 0.05) is 18.8 Å². The van der Waals surface area contributed by atoms with E-state index in [9.17, 15) is 4.79 Å². The standard InChI is InChI=1S/C25H32N4O2S/c1-5-28(21-12-8-6-9-13-21)24(30)20(4)32-25-27-26-23(29(25)17-16-19(2)3)18-31-22-14-10-7-11-15-22/h6-15,19-20H,5,16-18H2,1-4H3. The van der Waals surface area contributed by atoms with Crippen LogP contribution in [0.2, 0.25) is 0 Å². The van der Waals surface area contributed by atoms with E-state index in [2.05, 4.69) is 28.6 Å². The molecule has 0 spiro atoms. The van der Waals surface area contributed by atoms with Crippen LogP contribution in [0.3, 0.4) is 0 Å². The molecule has 3 rings (SSSR count). The van der Waals surface area contributed by atoms with Gasteiger partial charge in [-0.1, -0.05) is 62.0 Å². The molecular weight excluding hydrogens is 420 g/mol. The molecule has 7 heteroatoms. The van der Waals surface area contributed by atoms with Crippen LogP contribution in [0.25, 0.3) is 0 Å². The lowest BCUT2D eigenvalue weighted by atomic mass is 10.1. The number of nitrogens with zero attached hydrogens (tertiary/aromatic N) is 4. The minimum Gasteiger partial charge on any atom is -0.486 e. The SMILES string of the molecule is CCN(C(=O)C(C)Sc1nnc(COc2ccccc2)n1CCC(C)C)c1ccccc1. The molecule has 0 radical (unpaired) electrons. The summed E-state index contributed by atoms with van der Waals surface area (Å²) in [5.74, 6) is 2.17. The monoisotopic (exact) mass is 452 g/mol. The highest BCUT2D eigenvalue weighted by Crippen LogP contribution is 2.27. The molecule has 3 aromatic rings.